The lowest BCUT2D eigenvalue weighted by atomic mass is 10.0. The largest absolute Gasteiger partial charge is 0.497 e. The number of hydrogen-bond acceptors (Lipinski definition) is 5. The van der Waals surface area contributed by atoms with Gasteiger partial charge < -0.3 is 19.7 Å². The number of carbonyl (C=O) groups is 1. The maximum atomic E-state index is 13.2. The first kappa shape index (κ1) is 18.1. The standard InChI is InChI=1S/C22H23N3O3/c1-4-19-21(26)20(18-9-13-7-5-6-8-17(13)24-18)22(23)25(19)14-10-15(27-2)12-16(11-14)28-3/h5-8,10-12,19,23-24H,4,9H2,1-3H3/t19-/m0/s1. The second-order valence-electron chi connectivity index (χ2n) is 6.89. The summed E-state index contributed by atoms with van der Waals surface area (Å²) in [5, 5.41) is 12.2. The molecule has 2 aromatic carbocycles. The monoisotopic (exact) mass is 377 g/mol. The highest BCUT2D eigenvalue weighted by molar-refractivity contribution is 6.35. The van der Waals surface area contributed by atoms with Crippen LogP contribution in [-0.2, 0) is 11.2 Å². The third-order valence-electron chi connectivity index (χ3n) is 5.31. The molecule has 0 radical (unpaired) electrons. The molecule has 0 aliphatic carbocycles. The van der Waals surface area contributed by atoms with Crippen molar-refractivity contribution in [2.24, 2.45) is 0 Å². The van der Waals surface area contributed by atoms with Gasteiger partial charge in [0.15, 0.2) is 5.78 Å². The Morgan fingerprint density at radius 1 is 1.14 bits per heavy atom. The first-order valence-corrected chi connectivity index (χ1v) is 9.30. The van der Waals surface area contributed by atoms with Gasteiger partial charge in [0.05, 0.1) is 31.5 Å². The SMILES string of the molecule is CC[C@H]1C(=O)C(=C2Cc3ccccc3N2)C(=N)N1c1cc(OC)cc(OC)c1. The zero-order valence-corrected chi connectivity index (χ0v) is 16.2. The molecule has 6 heteroatoms. The Labute approximate surface area is 164 Å². The zero-order valence-electron chi connectivity index (χ0n) is 16.2. The van der Waals surface area contributed by atoms with Crippen molar-refractivity contribution in [2.45, 2.75) is 25.8 Å². The average Bonchev–Trinajstić information content (AvgIpc) is 3.24. The summed E-state index contributed by atoms with van der Waals surface area (Å²) in [5.74, 6) is 1.43. The summed E-state index contributed by atoms with van der Waals surface area (Å²) in [6.45, 7) is 1.96. The third-order valence-corrected chi connectivity index (χ3v) is 5.31. The van der Waals surface area contributed by atoms with Crippen molar-refractivity contribution >= 4 is 23.0 Å². The Morgan fingerprint density at radius 3 is 2.43 bits per heavy atom. The minimum Gasteiger partial charge on any atom is -0.497 e. The van der Waals surface area contributed by atoms with Gasteiger partial charge in [-0.2, -0.15) is 0 Å². The smallest absolute Gasteiger partial charge is 0.191 e. The van der Waals surface area contributed by atoms with Gasteiger partial charge in [-0.15, -0.1) is 0 Å². The van der Waals surface area contributed by atoms with Gasteiger partial charge >= 0.3 is 0 Å². The molecule has 144 valence electrons. The van der Waals surface area contributed by atoms with E-state index in [1.807, 2.05) is 43.3 Å². The number of anilines is 2. The van der Waals surface area contributed by atoms with E-state index in [1.54, 1.807) is 25.2 Å². The van der Waals surface area contributed by atoms with Crippen LogP contribution in [-0.4, -0.2) is 31.9 Å². The van der Waals surface area contributed by atoms with Crippen molar-refractivity contribution in [3.63, 3.8) is 0 Å². The van der Waals surface area contributed by atoms with Crippen LogP contribution in [0.4, 0.5) is 11.4 Å². The molecule has 0 spiro atoms. The van der Waals surface area contributed by atoms with Crippen LogP contribution in [0.15, 0.2) is 53.7 Å². The van der Waals surface area contributed by atoms with E-state index >= 15 is 0 Å². The predicted molar refractivity (Wildman–Crippen MR) is 110 cm³/mol. The molecule has 1 saturated heterocycles. The fourth-order valence-electron chi connectivity index (χ4n) is 3.92. The summed E-state index contributed by atoms with van der Waals surface area (Å²) < 4.78 is 10.7. The number of fused-ring (bicyclic) bond motifs is 1. The normalized spacial score (nSPS) is 21.0. The molecular formula is C22H23N3O3. The number of Topliss-reactive ketones (excluding diaryl/α,β-unsaturated/α-hetero) is 1. The van der Waals surface area contributed by atoms with Crippen molar-refractivity contribution in [3.8, 4) is 11.5 Å². The lowest BCUT2D eigenvalue weighted by molar-refractivity contribution is -0.115. The molecule has 1 fully saturated rings. The Kier molecular flexibility index (Phi) is 4.55. The molecule has 0 saturated carbocycles. The van der Waals surface area contributed by atoms with Crippen molar-refractivity contribution in [1.29, 1.82) is 5.41 Å². The molecule has 4 rings (SSSR count). The minimum atomic E-state index is -0.419. The highest BCUT2D eigenvalue weighted by Crippen LogP contribution is 2.38. The van der Waals surface area contributed by atoms with E-state index in [9.17, 15) is 4.79 Å². The Hall–Kier alpha value is -3.28. The van der Waals surface area contributed by atoms with E-state index in [1.165, 1.54) is 0 Å². The molecule has 1 atom stereocenters. The first-order valence-electron chi connectivity index (χ1n) is 9.30. The fourth-order valence-corrected chi connectivity index (χ4v) is 3.92. The maximum absolute atomic E-state index is 13.2. The van der Waals surface area contributed by atoms with E-state index in [0.29, 0.717) is 35.6 Å². The number of methoxy groups -OCH3 is 2. The number of ketones is 1. The number of benzene rings is 2. The molecule has 2 aromatic rings. The summed E-state index contributed by atoms with van der Waals surface area (Å²) in [6.07, 6.45) is 1.23. The van der Waals surface area contributed by atoms with E-state index in [0.717, 1.165) is 16.9 Å². The molecule has 0 unspecified atom stereocenters. The van der Waals surface area contributed by atoms with Gasteiger partial charge in [0.2, 0.25) is 0 Å². The highest BCUT2D eigenvalue weighted by Gasteiger charge is 2.43. The van der Waals surface area contributed by atoms with Crippen molar-refractivity contribution < 1.29 is 14.3 Å². The summed E-state index contributed by atoms with van der Waals surface area (Å²) in [6, 6.07) is 13.0. The van der Waals surface area contributed by atoms with Gasteiger partial charge in [-0.3, -0.25) is 10.2 Å². The van der Waals surface area contributed by atoms with Crippen LogP contribution in [0.5, 0.6) is 11.5 Å². The molecular weight excluding hydrogens is 354 g/mol. The van der Waals surface area contributed by atoms with Crippen molar-refractivity contribution in [3.05, 3.63) is 59.3 Å². The van der Waals surface area contributed by atoms with Crippen LogP contribution in [0, 0.1) is 5.41 Å². The van der Waals surface area contributed by atoms with Crippen LogP contribution >= 0.6 is 0 Å². The number of hydrogen-bond donors (Lipinski definition) is 2. The highest BCUT2D eigenvalue weighted by atomic mass is 16.5. The Morgan fingerprint density at radius 2 is 1.82 bits per heavy atom. The molecule has 28 heavy (non-hydrogen) atoms. The number of nitrogens with one attached hydrogen (secondary N) is 2. The number of para-hydroxylation sites is 1. The third kappa shape index (κ3) is 2.81. The van der Waals surface area contributed by atoms with E-state index in [2.05, 4.69) is 5.32 Å². The molecule has 2 heterocycles. The van der Waals surface area contributed by atoms with Crippen LogP contribution in [0.25, 0.3) is 0 Å². The van der Waals surface area contributed by atoms with Crippen molar-refractivity contribution in [2.75, 3.05) is 24.4 Å². The van der Waals surface area contributed by atoms with Crippen molar-refractivity contribution in [1.82, 2.24) is 0 Å². The Balaban J connectivity index is 1.78. The molecule has 0 aromatic heterocycles. The number of amidine groups is 1. The zero-order chi connectivity index (χ0) is 19.8. The van der Waals surface area contributed by atoms with E-state index < -0.39 is 6.04 Å². The fraction of sp³-hybridized carbons (Fsp3) is 0.273. The van der Waals surface area contributed by atoms with E-state index in [-0.39, 0.29) is 11.6 Å². The number of ether oxygens (including phenoxy) is 2. The maximum Gasteiger partial charge on any atom is 0.191 e. The van der Waals surface area contributed by atoms with Crippen LogP contribution in [0.1, 0.15) is 18.9 Å². The second-order valence-corrected chi connectivity index (χ2v) is 6.89. The summed E-state index contributed by atoms with van der Waals surface area (Å²) in [7, 11) is 3.17. The molecule has 2 N–H and O–H groups in total. The number of rotatable bonds is 4. The predicted octanol–water partition coefficient (Wildman–Crippen LogP) is 3.77. The molecule has 0 bridgehead atoms. The van der Waals surface area contributed by atoms with Gasteiger partial charge in [-0.25, -0.2) is 0 Å². The summed E-state index contributed by atoms with van der Waals surface area (Å²) in [5.41, 5.74) is 4.12. The molecule has 0 amide bonds. The number of nitrogens with zero attached hydrogens (tertiary/aromatic N) is 1. The molecule has 2 aliphatic heterocycles. The van der Waals surface area contributed by atoms with Gasteiger partial charge in [-0.05, 0) is 18.1 Å². The van der Waals surface area contributed by atoms with Gasteiger partial charge in [0.25, 0.3) is 0 Å². The molecule has 2 aliphatic rings. The molecule has 6 nitrogen and oxygen atoms in total. The topological polar surface area (TPSA) is 74.7 Å². The van der Waals surface area contributed by atoms with Gasteiger partial charge in [0.1, 0.15) is 17.3 Å². The lowest BCUT2D eigenvalue weighted by Gasteiger charge is -2.24. The average molecular weight is 377 g/mol. The van der Waals surface area contributed by atoms with Gasteiger partial charge in [0, 0.05) is 36.0 Å². The van der Waals surface area contributed by atoms with Crippen LogP contribution < -0.4 is 19.7 Å². The number of carbonyl (C=O) groups excluding carboxylic acids is 1. The minimum absolute atomic E-state index is 0.0235. The summed E-state index contributed by atoms with van der Waals surface area (Å²) >= 11 is 0. The first-order chi connectivity index (χ1) is 13.6. The van der Waals surface area contributed by atoms with Crippen LogP contribution in [0.3, 0.4) is 0 Å². The van der Waals surface area contributed by atoms with Gasteiger partial charge in [-0.1, -0.05) is 25.1 Å². The Bertz CT molecular complexity index is 947. The van der Waals surface area contributed by atoms with E-state index in [4.69, 9.17) is 14.9 Å². The van der Waals surface area contributed by atoms with Crippen LogP contribution in [0.2, 0.25) is 0 Å². The number of allylic oxidation sites excluding steroid dienone is 1. The quantitative estimate of drug-likeness (QED) is 0.794. The second kappa shape index (κ2) is 7.03. The lowest BCUT2D eigenvalue weighted by Crippen LogP contribution is -2.34. The summed E-state index contributed by atoms with van der Waals surface area (Å²) in [4.78, 5) is 15.0.